The average Bonchev–Trinajstić information content (AvgIpc) is 3.51. The maximum atomic E-state index is 6.08. The topological polar surface area (TPSA) is 34.6 Å². The highest BCUT2D eigenvalue weighted by Gasteiger charge is 2.09. The van der Waals surface area contributed by atoms with Crippen LogP contribution >= 0.6 is 79.8 Å². The van der Waals surface area contributed by atoms with E-state index in [1.807, 2.05) is 84.9 Å². The van der Waals surface area contributed by atoms with Crippen LogP contribution in [0.4, 0.5) is 11.4 Å². The third kappa shape index (κ3) is 7.43. The van der Waals surface area contributed by atoms with Crippen LogP contribution in [0.15, 0.2) is 119 Å². The van der Waals surface area contributed by atoms with Crippen molar-refractivity contribution in [2.24, 2.45) is 9.98 Å². The van der Waals surface area contributed by atoms with E-state index in [1.165, 1.54) is 0 Å². The summed E-state index contributed by atoms with van der Waals surface area (Å²) in [6, 6.07) is 23.6. The summed E-state index contributed by atoms with van der Waals surface area (Å²) in [6.07, 6.45) is 3.76. The maximum absolute atomic E-state index is 6.08. The molecule has 0 spiro atoms. The molecule has 0 saturated heterocycles. The quantitative estimate of drug-likeness (QED) is 0.142. The fourth-order valence-electron chi connectivity index (χ4n) is 3.97. The second-order valence-corrected chi connectivity index (χ2v) is 10.9. The molecular weight excluding hydrogens is 711 g/mol. The molecule has 0 atom stereocenters. The van der Waals surface area contributed by atoms with E-state index in [2.05, 4.69) is 33.1 Å². The van der Waals surface area contributed by atoms with Crippen molar-refractivity contribution in [1.29, 1.82) is 0 Å². The van der Waals surface area contributed by atoms with Gasteiger partial charge in [0.05, 0.1) is 22.8 Å². The van der Waals surface area contributed by atoms with Gasteiger partial charge in [0.1, 0.15) is 0 Å². The Balaban J connectivity index is 0.00000220. The third-order valence-electron chi connectivity index (χ3n) is 5.80. The molecule has 0 amide bonds. The van der Waals surface area contributed by atoms with Gasteiger partial charge < -0.3 is 9.13 Å². The summed E-state index contributed by atoms with van der Waals surface area (Å²) in [7, 11) is 0. The van der Waals surface area contributed by atoms with Gasteiger partial charge in [-0.05, 0) is 59.7 Å². The zero-order valence-corrected chi connectivity index (χ0v) is 27.8. The van der Waals surface area contributed by atoms with Gasteiger partial charge >= 0.3 is 0 Å². The average molecular weight is 737 g/mol. The predicted octanol–water partition coefficient (Wildman–Crippen LogP) is 10.0. The highest BCUT2D eigenvalue weighted by molar-refractivity contribution is 8.93. The van der Waals surface area contributed by atoms with Crippen LogP contribution in [-0.4, -0.2) is 9.13 Å². The first-order valence-electron chi connectivity index (χ1n) is 11.9. The third-order valence-corrected chi connectivity index (χ3v) is 8.03. The first-order chi connectivity index (χ1) is 18.6. The Hall–Kier alpha value is -2.46. The van der Waals surface area contributed by atoms with Crippen molar-refractivity contribution in [2.45, 2.75) is 13.1 Å². The van der Waals surface area contributed by atoms with Gasteiger partial charge in [0.15, 0.2) is 9.60 Å². The van der Waals surface area contributed by atoms with E-state index in [-0.39, 0.29) is 34.0 Å². The molecule has 0 fully saturated rings. The van der Waals surface area contributed by atoms with Crippen molar-refractivity contribution in [3.05, 3.63) is 129 Å². The van der Waals surface area contributed by atoms with E-state index in [4.69, 9.17) is 33.2 Å². The van der Waals surface area contributed by atoms with Gasteiger partial charge in [-0.1, -0.05) is 59.6 Å². The second-order valence-electron chi connectivity index (χ2n) is 8.36. The fraction of sp³-hybridized carbons (Fsp3) is 0.0667. The van der Waals surface area contributed by atoms with Crippen molar-refractivity contribution in [2.75, 3.05) is 0 Å². The van der Waals surface area contributed by atoms with Gasteiger partial charge in [-0.15, -0.1) is 69.8 Å². The van der Waals surface area contributed by atoms with Gasteiger partial charge in [0.2, 0.25) is 0 Å². The van der Waals surface area contributed by atoms with Crippen molar-refractivity contribution >= 4 is 91.2 Å². The van der Waals surface area contributed by atoms with Gasteiger partial charge in [-0.3, -0.25) is 0 Å². The predicted molar refractivity (Wildman–Crippen MR) is 183 cm³/mol. The largest absolute Gasteiger partial charge is 0.313 e. The van der Waals surface area contributed by atoms with Crippen LogP contribution in [0.3, 0.4) is 0 Å². The molecule has 4 nitrogen and oxygen atoms in total. The molecule has 10 heteroatoms. The fourth-order valence-corrected chi connectivity index (χ4v) is 6.10. The lowest BCUT2D eigenvalue weighted by molar-refractivity contribution is 0.799. The van der Waals surface area contributed by atoms with Crippen LogP contribution in [0.5, 0.6) is 0 Å². The minimum atomic E-state index is 0. The summed E-state index contributed by atoms with van der Waals surface area (Å²) in [5.74, 6) is 0. The second kappa shape index (κ2) is 15.0. The lowest BCUT2D eigenvalue weighted by atomic mass is 10.2. The molecule has 0 N–H and O–H groups in total. The summed E-state index contributed by atoms with van der Waals surface area (Å²) in [5, 5.41) is 5.66. The molecule has 0 unspecified atom stereocenters. The lowest BCUT2D eigenvalue weighted by Gasteiger charge is -2.07. The van der Waals surface area contributed by atoms with E-state index in [0.717, 1.165) is 43.5 Å². The monoisotopic (exact) mass is 734 g/mol. The molecule has 0 bridgehead atoms. The number of allylic oxidation sites excluding steroid dienone is 2. The van der Waals surface area contributed by atoms with Gasteiger partial charge in [-0.2, -0.15) is 0 Å². The molecule has 206 valence electrons. The minimum absolute atomic E-state index is 0. The Labute approximate surface area is 272 Å². The number of thiazole rings is 2. The van der Waals surface area contributed by atoms with Crippen molar-refractivity contribution in [3.8, 4) is 22.5 Å². The van der Waals surface area contributed by atoms with Crippen LogP contribution < -0.4 is 9.60 Å². The number of hydrogen-bond donors (Lipinski definition) is 0. The zero-order valence-electron chi connectivity index (χ0n) is 21.2. The molecule has 5 aromatic rings. The molecule has 3 aromatic carbocycles. The molecule has 0 saturated carbocycles. The molecule has 40 heavy (non-hydrogen) atoms. The van der Waals surface area contributed by atoms with E-state index in [1.54, 1.807) is 22.7 Å². The summed E-state index contributed by atoms with van der Waals surface area (Å²) < 4.78 is 4.31. The lowest BCUT2D eigenvalue weighted by Crippen LogP contribution is -2.15. The number of halogens is 4. The molecular formula is C30H26Br2Cl2N4S2. The Bertz CT molecular complexity index is 1590. The Morgan fingerprint density at radius 3 is 1.27 bits per heavy atom. The summed E-state index contributed by atoms with van der Waals surface area (Å²) in [5.41, 5.74) is 6.06. The molecule has 0 aliphatic heterocycles. The highest BCUT2D eigenvalue weighted by atomic mass is 79.9. The summed E-state index contributed by atoms with van der Waals surface area (Å²) in [4.78, 5) is 11.6. The van der Waals surface area contributed by atoms with E-state index in [9.17, 15) is 0 Å². The van der Waals surface area contributed by atoms with Crippen LogP contribution in [0.25, 0.3) is 22.5 Å². The number of hydrogen-bond acceptors (Lipinski definition) is 4. The van der Waals surface area contributed by atoms with Gasteiger partial charge in [0.25, 0.3) is 0 Å². The Morgan fingerprint density at radius 2 is 0.950 bits per heavy atom. The maximum Gasteiger partial charge on any atom is 0.190 e. The SMILES string of the molecule is Br.Br.C=CCn1c(-c2ccc(Cl)cc2)csc1=Nc1ccc(N=c2scc(-c3ccc(Cl)cc3)n2CC=C)cc1. The van der Waals surface area contributed by atoms with Crippen LogP contribution in [0.2, 0.25) is 10.0 Å². The Morgan fingerprint density at radius 1 is 0.600 bits per heavy atom. The number of nitrogens with zero attached hydrogens (tertiary/aromatic N) is 4. The van der Waals surface area contributed by atoms with E-state index >= 15 is 0 Å². The molecule has 2 heterocycles. The zero-order chi connectivity index (χ0) is 26.5. The molecule has 0 radical (unpaired) electrons. The molecule has 2 aromatic heterocycles. The molecule has 0 aliphatic rings. The number of rotatable bonds is 8. The van der Waals surface area contributed by atoms with Gasteiger partial charge in [0, 0.05) is 33.9 Å². The van der Waals surface area contributed by atoms with Crippen LogP contribution in [-0.2, 0) is 13.1 Å². The van der Waals surface area contributed by atoms with Crippen molar-refractivity contribution in [1.82, 2.24) is 9.13 Å². The normalized spacial score (nSPS) is 11.6. The number of aromatic nitrogens is 2. The molecule has 0 aliphatic carbocycles. The summed E-state index contributed by atoms with van der Waals surface area (Å²) in [6.45, 7) is 9.17. The molecule has 5 rings (SSSR count). The van der Waals surface area contributed by atoms with Crippen molar-refractivity contribution in [3.63, 3.8) is 0 Å². The smallest absolute Gasteiger partial charge is 0.190 e. The first-order valence-corrected chi connectivity index (χ1v) is 14.4. The minimum Gasteiger partial charge on any atom is -0.313 e. The number of benzene rings is 3. The van der Waals surface area contributed by atoms with E-state index < -0.39 is 0 Å². The summed E-state index contributed by atoms with van der Waals surface area (Å²) >= 11 is 15.4. The van der Waals surface area contributed by atoms with E-state index in [0.29, 0.717) is 23.1 Å². The van der Waals surface area contributed by atoms with Crippen LogP contribution in [0.1, 0.15) is 0 Å². The van der Waals surface area contributed by atoms with Crippen molar-refractivity contribution < 1.29 is 0 Å². The standard InChI is InChI=1S/C30H24Cl2N4S2.2BrH/c1-3-17-35-27(21-5-9-23(31)10-6-21)19-37-29(35)33-25-13-15-26(16-14-25)34-30-36(18-4-2)28(20-38-30)22-7-11-24(32)12-8-22;;/h3-16,19-20H,1-2,17-18H2;2*1H. The van der Waals surface area contributed by atoms with Gasteiger partial charge in [-0.25, -0.2) is 9.98 Å². The first kappa shape index (κ1) is 32.1. The van der Waals surface area contributed by atoms with Crippen LogP contribution in [0, 0.1) is 0 Å². The Kier molecular flexibility index (Phi) is 12.0. The highest BCUT2D eigenvalue weighted by Crippen LogP contribution is 2.25.